The highest BCUT2D eigenvalue weighted by molar-refractivity contribution is 6.07. The molecule has 36 heavy (non-hydrogen) atoms. The smallest absolute Gasteiger partial charge is 0.235 e. The van der Waals surface area contributed by atoms with Crippen LogP contribution < -0.4 is 16.4 Å². The molecule has 9 heteroatoms. The van der Waals surface area contributed by atoms with Crippen LogP contribution in [0.25, 0.3) is 10.9 Å². The summed E-state index contributed by atoms with van der Waals surface area (Å²) in [6, 6.07) is 8.44. The van der Waals surface area contributed by atoms with Gasteiger partial charge in [-0.3, -0.25) is 14.4 Å². The molecule has 3 amide bonds. The number of methoxy groups -OCH3 is 1. The van der Waals surface area contributed by atoms with Gasteiger partial charge in [0, 0.05) is 69.1 Å². The Kier molecular flexibility index (Phi) is 7.03. The fourth-order valence-electron chi connectivity index (χ4n) is 5.48. The van der Waals surface area contributed by atoms with E-state index in [4.69, 9.17) is 10.5 Å². The highest BCUT2D eigenvalue weighted by atomic mass is 16.5. The van der Waals surface area contributed by atoms with Crippen LogP contribution in [-0.2, 0) is 32.2 Å². The van der Waals surface area contributed by atoms with E-state index in [0.717, 1.165) is 31.4 Å². The van der Waals surface area contributed by atoms with E-state index in [1.807, 2.05) is 11.0 Å². The van der Waals surface area contributed by atoms with Crippen molar-refractivity contribution in [2.24, 2.45) is 17.1 Å². The lowest BCUT2D eigenvalue weighted by Gasteiger charge is -2.34. The second-order valence-corrected chi connectivity index (χ2v) is 10.6. The molecule has 9 nitrogen and oxygen atoms in total. The third-order valence-electron chi connectivity index (χ3n) is 7.92. The molecule has 1 aliphatic heterocycles. The maximum Gasteiger partial charge on any atom is 0.235 e. The fraction of sp³-hybridized carbons (Fsp3) is 0.593. The number of para-hydroxylation sites is 1. The largest absolute Gasteiger partial charge is 0.385 e. The van der Waals surface area contributed by atoms with E-state index in [-0.39, 0.29) is 29.8 Å². The number of nitrogens with two attached hydrogens (primary N) is 1. The van der Waals surface area contributed by atoms with Gasteiger partial charge in [-0.2, -0.15) is 0 Å². The zero-order chi connectivity index (χ0) is 25.3. The minimum absolute atomic E-state index is 0.135. The Morgan fingerprint density at radius 1 is 1.22 bits per heavy atom. The summed E-state index contributed by atoms with van der Waals surface area (Å²) in [6.07, 6.45) is 6.74. The molecule has 0 spiro atoms. The summed E-state index contributed by atoms with van der Waals surface area (Å²) < 4.78 is 7.49. The van der Waals surface area contributed by atoms with Crippen LogP contribution >= 0.6 is 0 Å². The quantitative estimate of drug-likeness (QED) is 0.323. The number of fused-ring (bicyclic) bond motifs is 1. The monoisotopic (exact) mass is 495 g/mol. The Hall–Kier alpha value is -2.91. The van der Waals surface area contributed by atoms with Crippen LogP contribution in [0.2, 0.25) is 0 Å². The first-order valence-corrected chi connectivity index (χ1v) is 13.1. The number of hydrogen-bond donors (Lipinski definition) is 3. The van der Waals surface area contributed by atoms with Gasteiger partial charge in [0.2, 0.25) is 17.7 Å². The van der Waals surface area contributed by atoms with E-state index in [1.165, 1.54) is 10.9 Å². The minimum Gasteiger partial charge on any atom is -0.385 e. The molecule has 2 heterocycles. The molecule has 0 radical (unpaired) electrons. The number of nitrogens with one attached hydrogen (secondary N) is 2. The van der Waals surface area contributed by atoms with E-state index in [1.54, 1.807) is 7.11 Å². The molecule has 2 aromatic rings. The molecule has 1 aromatic heterocycles. The number of amides is 3. The molecule has 2 saturated carbocycles. The van der Waals surface area contributed by atoms with Crippen LogP contribution in [0.15, 0.2) is 30.5 Å². The molecule has 0 unspecified atom stereocenters. The average molecular weight is 496 g/mol. The Bertz CT molecular complexity index is 1140. The van der Waals surface area contributed by atoms with E-state index < -0.39 is 11.3 Å². The highest BCUT2D eigenvalue weighted by Gasteiger charge is 2.55. The number of rotatable bonds is 11. The number of carbonyl (C=O) groups is 3. The van der Waals surface area contributed by atoms with Crippen LogP contribution in [-0.4, -0.2) is 66.1 Å². The second-order valence-electron chi connectivity index (χ2n) is 10.6. The Morgan fingerprint density at radius 3 is 2.69 bits per heavy atom. The molecule has 1 aromatic carbocycles. The van der Waals surface area contributed by atoms with Gasteiger partial charge in [-0.25, -0.2) is 0 Å². The number of ether oxygens (including phenoxy) is 1. The number of aryl methyl sites for hydroxylation is 1. The molecule has 1 saturated heterocycles. The van der Waals surface area contributed by atoms with Crippen LogP contribution in [0.3, 0.4) is 0 Å². The van der Waals surface area contributed by atoms with Gasteiger partial charge in [0.05, 0.1) is 5.92 Å². The Balaban J connectivity index is 1.28. The number of piperidine rings is 1. The normalized spacial score (nSPS) is 22.8. The predicted molar refractivity (Wildman–Crippen MR) is 136 cm³/mol. The number of benzene rings is 1. The molecule has 5 rings (SSSR count). The number of aromatic nitrogens is 1. The van der Waals surface area contributed by atoms with E-state index in [2.05, 4.69) is 39.6 Å². The molecule has 0 bridgehead atoms. The van der Waals surface area contributed by atoms with E-state index in [0.29, 0.717) is 45.5 Å². The van der Waals surface area contributed by atoms with Crippen LogP contribution in [0.1, 0.15) is 44.1 Å². The van der Waals surface area contributed by atoms with Gasteiger partial charge < -0.3 is 30.6 Å². The van der Waals surface area contributed by atoms with Crippen LogP contribution in [0, 0.1) is 11.3 Å². The summed E-state index contributed by atoms with van der Waals surface area (Å²) in [4.78, 5) is 40.2. The zero-order valence-corrected chi connectivity index (χ0v) is 21.0. The van der Waals surface area contributed by atoms with Crippen molar-refractivity contribution in [3.8, 4) is 0 Å². The van der Waals surface area contributed by atoms with Crippen LogP contribution in [0.4, 0.5) is 0 Å². The molecule has 3 fully saturated rings. The number of carbonyl (C=O) groups excluding carboxylic acids is 3. The lowest BCUT2D eigenvalue weighted by atomic mass is 9.93. The fourth-order valence-corrected chi connectivity index (χ4v) is 5.48. The predicted octanol–water partition coefficient (Wildman–Crippen LogP) is 1.53. The summed E-state index contributed by atoms with van der Waals surface area (Å²) >= 11 is 0. The van der Waals surface area contributed by atoms with Crippen molar-refractivity contribution in [1.82, 2.24) is 20.1 Å². The van der Waals surface area contributed by atoms with Crippen molar-refractivity contribution in [3.05, 3.63) is 36.0 Å². The van der Waals surface area contributed by atoms with Gasteiger partial charge in [0.1, 0.15) is 5.41 Å². The van der Waals surface area contributed by atoms with Crippen molar-refractivity contribution < 1.29 is 19.1 Å². The van der Waals surface area contributed by atoms with Crippen molar-refractivity contribution >= 4 is 28.6 Å². The maximum absolute atomic E-state index is 13.8. The summed E-state index contributed by atoms with van der Waals surface area (Å²) in [5.41, 5.74) is 6.75. The molecular formula is C27H37N5O4. The SMILES string of the molecule is COCCCn1cc(CN(C(=O)[C@@H]2CNC[C@H](NC(=O)C3(C(N)=O)CC3)C2)C2CC2)c2ccccc21. The lowest BCUT2D eigenvalue weighted by molar-refractivity contribution is -0.139. The number of hydrogen-bond acceptors (Lipinski definition) is 5. The summed E-state index contributed by atoms with van der Waals surface area (Å²) in [5.74, 6) is -0.937. The number of nitrogens with zero attached hydrogens (tertiary/aromatic N) is 2. The topological polar surface area (TPSA) is 119 Å². The molecule has 3 aliphatic rings. The minimum atomic E-state index is -1.05. The molecule has 4 N–H and O–H groups in total. The Morgan fingerprint density at radius 2 is 2.00 bits per heavy atom. The number of primary amides is 1. The average Bonchev–Trinajstić information content (AvgIpc) is 3.80. The second kappa shape index (κ2) is 10.2. The lowest BCUT2D eigenvalue weighted by Crippen LogP contribution is -2.55. The summed E-state index contributed by atoms with van der Waals surface area (Å²) in [5, 5.41) is 7.49. The molecular weight excluding hydrogens is 458 g/mol. The maximum atomic E-state index is 13.8. The van der Waals surface area contributed by atoms with Gasteiger partial charge in [0.15, 0.2) is 0 Å². The van der Waals surface area contributed by atoms with Gasteiger partial charge in [-0.1, -0.05) is 18.2 Å². The molecule has 2 aliphatic carbocycles. The van der Waals surface area contributed by atoms with E-state index in [9.17, 15) is 14.4 Å². The van der Waals surface area contributed by atoms with Gasteiger partial charge >= 0.3 is 0 Å². The van der Waals surface area contributed by atoms with Gasteiger partial charge in [-0.15, -0.1) is 0 Å². The van der Waals surface area contributed by atoms with Crippen molar-refractivity contribution in [2.75, 3.05) is 26.8 Å². The van der Waals surface area contributed by atoms with Crippen molar-refractivity contribution in [3.63, 3.8) is 0 Å². The molecule has 2 atom stereocenters. The van der Waals surface area contributed by atoms with Gasteiger partial charge in [0.25, 0.3) is 0 Å². The standard InChI is InChI=1S/C27H37N5O4/c1-36-12-4-11-31-16-19(22-5-2-3-6-23(22)31)17-32(21-7-8-21)24(33)18-13-20(15-29-14-18)30-26(35)27(9-10-27)25(28)34/h2-3,5-6,16,18,20-21,29H,4,7-15,17H2,1H3,(H2,28,34)(H,30,35)/t18-,20+/m0/s1. The summed E-state index contributed by atoms with van der Waals surface area (Å²) in [6.45, 7) is 3.34. The Labute approximate surface area is 211 Å². The molecule has 194 valence electrons. The van der Waals surface area contributed by atoms with Crippen LogP contribution in [0.5, 0.6) is 0 Å². The third-order valence-corrected chi connectivity index (χ3v) is 7.92. The summed E-state index contributed by atoms with van der Waals surface area (Å²) in [7, 11) is 1.72. The highest BCUT2D eigenvalue weighted by Crippen LogP contribution is 2.45. The first kappa shape index (κ1) is 24.8. The van der Waals surface area contributed by atoms with Gasteiger partial charge in [-0.05, 0) is 50.2 Å². The first-order valence-electron chi connectivity index (χ1n) is 13.1. The third kappa shape index (κ3) is 4.99. The van der Waals surface area contributed by atoms with Crippen molar-refractivity contribution in [1.29, 1.82) is 0 Å². The van der Waals surface area contributed by atoms with E-state index >= 15 is 0 Å². The van der Waals surface area contributed by atoms with Crippen molar-refractivity contribution in [2.45, 2.75) is 63.7 Å². The first-order chi connectivity index (χ1) is 17.4. The zero-order valence-electron chi connectivity index (χ0n) is 21.0.